The van der Waals surface area contributed by atoms with Gasteiger partial charge in [-0.05, 0) is 57.6 Å². The smallest absolute Gasteiger partial charge is 0.0979 e. The molecule has 0 aliphatic carbocycles. The maximum Gasteiger partial charge on any atom is 0.0979 e. The number of benzene rings is 7. The van der Waals surface area contributed by atoms with Crippen molar-refractivity contribution in [3.63, 3.8) is 0 Å². The molecule has 0 saturated carbocycles. The highest BCUT2D eigenvalue weighted by atomic mass is 32.1. The number of aromatic nitrogens is 2. The van der Waals surface area contributed by atoms with Crippen molar-refractivity contribution in [2.24, 2.45) is 0 Å². The Hall–Kier alpha value is -5.12. The Bertz CT molecular complexity index is 2420. The van der Waals surface area contributed by atoms with Gasteiger partial charge in [-0.2, -0.15) is 0 Å². The summed E-state index contributed by atoms with van der Waals surface area (Å²) in [5.74, 6) is 0. The summed E-state index contributed by atoms with van der Waals surface area (Å²) >= 11 is 1.87. The molecule has 0 saturated heterocycles. The fourth-order valence-corrected chi connectivity index (χ4v) is 7.55. The molecule has 0 spiro atoms. The first kappa shape index (κ1) is 22.7. The molecule has 2 heterocycles. The molecular formula is C38H22N2S. The molecule has 41 heavy (non-hydrogen) atoms. The highest BCUT2D eigenvalue weighted by molar-refractivity contribution is 7.26. The SMILES string of the molecule is c1ccc(-c2cccc(-c3nc4ccccc4nc3-c3ccc4sc5cccc6c7ccccc7c3c4c56)c2)cc1. The van der Waals surface area contributed by atoms with E-state index in [0.717, 1.165) is 33.5 Å². The molecule has 0 radical (unpaired) electrons. The Labute approximate surface area is 240 Å². The molecule has 0 N–H and O–H groups in total. The van der Waals surface area contributed by atoms with E-state index in [4.69, 9.17) is 9.97 Å². The van der Waals surface area contributed by atoms with E-state index in [-0.39, 0.29) is 0 Å². The predicted octanol–water partition coefficient (Wildman–Crippen LogP) is 10.7. The van der Waals surface area contributed by atoms with Crippen LogP contribution in [0, 0.1) is 0 Å². The third-order valence-corrected chi connectivity index (χ3v) is 9.34. The first-order valence-corrected chi connectivity index (χ1v) is 14.7. The van der Waals surface area contributed by atoms with Gasteiger partial charge in [-0.3, -0.25) is 0 Å². The van der Waals surface area contributed by atoms with Crippen molar-refractivity contribution >= 4 is 64.1 Å². The van der Waals surface area contributed by atoms with E-state index in [2.05, 4.69) is 121 Å². The summed E-state index contributed by atoms with van der Waals surface area (Å²) in [5.41, 5.74) is 8.16. The maximum absolute atomic E-state index is 5.34. The summed E-state index contributed by atoms with van der Waals surface area (Å²) in [5, 5.41) is 7.78. The van der Waals surface area contributed by atoms with Crippen LogP contribution in [0.3, 0.4) is 0 Å². The molecule has 0 amide bonds. The zero-order valence-electron chi connectivity index (χ0n) is 22.0. The van der Waals surface area contributed by atoms with Gasteiger partial charge < -0.3 is 0 Å². The van der Waals surface area contributed by atoms with Gasteiger partial charge >= 0.3 is 0 Å². The van der Waals surface area contributed by atoms with Crippen LogP contribution in [-0.2, 0) is 0 Å². The number of thiophene rings is 1. The first-order chi connectivity index (χ1) is 20.3. The third kappa shape index (κ3) is 3.36. The largest absolute Gasteiger partial charge is 0.244 e. The van der Waals surface area contributed by atoms with E-state index in [1.807, 2.05) is 23.5 Å². The fourth-order valence-electron chi connectivity index (χ4n) is 6.41. The van der Waals surface area contributed by atoms with Crippen LogP contribution >= 0.6 is 11.3 Å². The van der Waals surface area contributed by atoms with E-state index in [0.29, 0.717) is 0 Å². The summed E-state index contributed by atoms with van der Waals surface area (Å²) in [6, 6.07) is 47.4. The molecule has 2 aromatic heterocycles. The first-order valence-electron chi connectivity index (χ1n) is 13.8. The van der Waals surface area contributed by atoms with Gasteiger partial charge in [-0.15, -0.1) is 11.3 Å². The summed E-state index contributed by atoms with van der Waals surface area (Å²) < 4.78 is 2.63. The van der Waals surface area contributed by atoms with Gasteiger partial charge in [-0.1, -0.05) is 103 Å². The van der Waals surface area contributed by atoms with Crippen LogP contribution in [0.15, 0.2) is 133 Å². The lowest BCUT2D eigenvalue weighted by atomic mass is 9.89. The van der Waals surface area contributed by atoms with Crippen molar-refractivity contribution < 1.29 is 0 Å². The van der Waals surface area contributed by atoms with E-state index in [1.165, 1.54) is 52.8 Å². The quantitative estimate of drug-likeness (QED) is 0.209. The lowest BCUT2D eigenvalue weighted by molar-refractivity contribution is 1.30. The molecule has 3 heteroatoms. The molecule has 0 aliphatic rings. The van der Waals surface area contributed by atoms with E-state index in [9.17, 15) is 0 Å². The van der Waals surface area contributed by atoms with E-state index < -0.39 is 0 Å². The lowest BCUT2D eigenvalue weighted by Gasteiger charge is -2.16. The standard InChI is InChI=1S/C38H22N2S/c1-2-10-23(11-3-1)24-12-8-13-25(22-24)37-38(40-31-18-7-6-17-30(31)39-37)29-20-21-33-36-34(29)27-15-5-4-14-26(27)28-16-9-19-32(41-33)35(28)36/h1-22H. The second-order valence-electron chi connectivity index (χ2n) is 10.5. The van der Waals surface area contributed by atoms with Crippen molar-refractivity contribution in [1.82, 2.24) is 9.97 Å². The van der Waals surface area contributed by atoms with Crippen LogP contribution in [0.1, 0.15) is 0 Å². The van der Waals surface area contributed by atoms with Crippen LogP contribution in [0.4, 0.5) is 0 Å². The normalized spacial score (nSPS) is 11.9. The Morgan fingerprint density at radius 1 is 0.390 bits per heavy atom. The van der Waals surface area contributed by atoms with Crippen molar-refractivity contribution in [3.8, 4) is 33.6 Å². The van der Waals surface area contributed by atoms with Crippen molar-refractivity contribution in [3.05, 3.63) is 133 Å². The number of hydrogen-bond donors (Lipinski definition) is 0. The molecule has 9 rings (SSSR count). The fraction of sp³-hybridized carbons (Fsp3) is 0. The minimum atomic E-state index is 0.898. The van der Waals surface area contributed by atoms with Gasteiger partial charge in [0.25, 0.3) is 0 Å². The van der Waals surface area contributed by atoms with E-state index >= 15 is 0 Å². The van der Waals surface area contributed by atoms with Crippen LogP contribution in [0.2, 0.25) is 0 Å². The Kier molecular flexibility index (Phi) is 4.80. The Morgan fingerprint density at radius 3 is 1.85 bits per heavy atom. The molecule has 0 bridgehead atoms. The molecular weight excluding hydrogens is 516 g/mol. The van der Waals surface area contributed by atoms with Crippen LogP contribution in [0.25, 0.3) is 86.4 Å². The van der Waals surface area contributed by atoms with Crippen LogP contribution < -0.4 is 0 Å². The molecule has 7 aromatic carbocycles. The molecule has 9 aromatic rings. The highest BCUT2D eigenvalue weighted by Gasteiger charge is 2.22. The van der Waals surface area contributed by atoms with Crippen molar-refractivity contribution in [2.75, 3.05) is 0 Å². The number of hydrogen-bond acceptors (Lipinski definition) is 3. The zero-order valence-corrected chi connectivity index (χ0v) is 22.8. The minimum Gasteiger partial charge on any atom is -0.244 e. The van der Waals surface area contributed by atoms with Gasteiger partial charge in [0.15, 0.2) is 0 Å². The summed E-state index contributed by atoms with van der Waals surface area (Å²) in [4.78, 5) is 10.6. The van der Waals surface area contributed by atoms with Gasteiger partial charge in [-0.25, -0.2) is 9.97 Å². The van der Waals surface area contributed by atoms with Gasteiger partial charge in [0, 0.05) is 36.7 Å². The van der Waals surface area contributed by atoms with Crippen molar-refractivity contribution in [2.45, 2.75) is 0 Å². The number of para-hydroxylation sites is 2. The highest BCUT2D eigenvalue weighted by Crippen LogP contribution is 2.48. The summed E-state index contributed by atoms with van der Waals surface area (Å²) in [7, 11) is 0. The van der Waals surface area contributed by atoms with E-state index in [1.54, 1.807) is 0 Å². The molecule has 0 atom stereocenters. The zero-order chi connectivity index (χ0) is 26.9. The summed E-state index contributed by atoms with van der Waals surface area (Å²) in [6.45, 7) is 0. The predicted molar refractivity (Wildman–Crippen MR) is 175 cm³/mol. The maximum atomic E-state index is 5.34. The topological polar surface area (TPSA) is 25.8 Å². The third-order valence-electron chi connectivity index (χ3n) is 8.22. The number of rotatable bonds is 3. The minimum absolute atomic E-state index is 0.898. The van der Waals surface area contributed by atoms with Crippen molar-refractivity contribution in [1.29, 1.82) is 0 Å². The second kappa shape index (κ2) is 8.69. The molecule has 190 valence electrons. The number of fused-ring (bicyclic) bond motifs is 4. The Morgan fingerprint density at radius 2 is 1.00 bits per heavy atom. The monoisotopic (exact) mass is 538 g/mol. The molecule has 0 aliphatic heterocycles. The summed E-state index contributed by atoms with van der Waals surface area (Å²) in [6.07, 6.45) is 0. The lowest BCUT2D eigenvalue weighted by Crippen LogP contribution is -1.97. The average Bonchev–Trinajstić information content (AvgIpc) is 3.43. The average molecular weight is 539 g/mol. The van der Waals surface area contributed by atoms with Crippen LogP contribution in [-0.4, -0.2) is 9.97 Å². The molecule has 0 unspecified atom stereocenters. The molecule has 2 nitrogen and oxygen atoms in total. The van der Waals surface area contributed by atoms with Crippen LogP contribution in [0.5, 0.6) is 0 Å². The Balaban J connectivity index is 1.42. The van der Waals surface area contributed by atoms with Gasteiger partial charge in [0.05, 0.1) is 22.4 Å². The molecule has 0 fully saturated rings. The number of nitrogens with zero attached hydrogens (tertiary/aromatic N) is 2. The van der Waals surface area contributed by atoms with Gasteiger partial charge in [0.2, 0.25) is 0 Å². The second-order valence-corrected chi connectivity index (χ2v) is 11.6. The van der Waals surface area contributed by atoms with Gasteiger partial charge in [0.1, 0.15) is 0 Å².